The molecule has 0 saturated carbocycles. The number of phenolic OH excluding ortho intramolecular Hbond substituents is 1. The van der Waals surface area contributed by atoms with Gasteiger partial charge in [0.05, 0.1) is 29.8 Å². The van der Waals surface area contributed by atoms with Crippen LogP contribution in [0, 0.1) is 0 Å². The van der Waals surface area contributed by atoms with E-state index in [0.717, 1.165) is 0 Å². The summed E-state index contributed by atoms with van der Waals surface area (Å²) < 4.78 is 16.0. The van der Waals surface area contributed by atoms with E-state index in [1.807, 2.05) is 6.92 Å². The van der Waals surface area contributed by atoms with Crippen LogP contribution < -0.4 is 10.1 Å². The average Bonchev–Trinajstić information content (AvgIpc) is 2.64. The quantitative estimate of drug-likeness (QED) is 0.497. The van der Waals surface area contributed by atoms with Crippen LogP contribution in [0.15, 0.2) is 27.9 Å². The largest absolute Gasteiger partial charge is 0.503 e. The summed E-state index contributed by atoms with van der Waals surface area (Å²) in [5, 5.41) is 12.8. The normalized spacial score (nSPS) is 17.0. The average molecular weight is 443 g/mol. The van der Waals surface area contributed by atoms with Gasteiger partial charge in [-0.25, -0.2) is 9.59 Å². The number of esters is 1. The van der Waals surface area contributed by atoms with Crippen molar-refractivity contribution in [2.45, 2.75) is 19.9 Å². The van der Waals surface area contributed by atoms with Gasteiger partial charge in [-0.2, -0.15) is 0 Å². The molecule has 0 radical (unpaired) electrons. The first kappa shape index (κ1) is 21.0. The summed E-state index contributed by atoms with van der Waals surface area (Å²) in [4.78, 5) is 26.3. The highest BCUT2D eigenvalue weighted by Crippen LogP contribution is 2.40. The van der Waals surface area contributed by atoms with Crippen LogP contribution in [0.5, 0.6) is 11.5 Å². The predicted molar refractivity (Wildman–Crippen MR) is 102 cm³/mol. The van der Waals surface area contributed by atoms with E-state index in [2.05, 4.69) is 21.2 Å². The molecule has 1 aliphatic rings. The Bertz CT molecular complexity index is 764. The van der Waals surface area contributed by atoms with Crippen LogP contribution in [0.25, 0.3) is 0 Å². The molecule has 1 heterocycles. The molecule has 0 saturated heterocycles. The van der Waals surface area contributed by atoms with Gasteiger partial charge in [0.1, 0.15) is 6.61 Å². The number of nitrogens with zero attached hydrogens (tertiary/aromatic N) is 1. The van der Waals surface area contributed by atoms with Crippen LogP contribution in [0.4, 0.5) is 4.79 Å². The minimum atomic E-state index is -0.751. The maximum Gasteiger partial charge on any atom is 0.338 e. The highest BCUT2D eigenvalue weighted by atomic mass is 79.9. The number of benzene rings is 1. The highest BCUT2D eigenvalue weighted by molar-refractivity contribution is 9.10. The molecule has 1 aromatic carbocycles. The predicted octanol–water partition coefficient (Wildman–Crippen LogP) is 2.71. The standard InChI is InChI=1S/C18H23BrN2O6/c1-5-26-6-7-27-17(23)14-10(2)21(3)18(24)20-15(14)11-8-12(19)16(22)13(9-11)25-4/h8-9,15,22H,5-7H2,1-4H3,(H,20,24)/t15-/m0/s1. The van der Waals surface area contributed by atoms with Crippen molar-refractivity contribution in [1.29, 1.82) is 0 Å². The zero-order chi connectivity index (χ0) is 20.1. The van der Waals surface area contributed by atoms with Gasteiger partial charge in [0, 0.05) is 19.4 Å². The van der Waals surface area contributed by atoms with Gasteiger partial charge in [-0.1, -0.05) is 0 Å². The molecule has 0 aromatic heterocycles. The van der Waals surface area contributed by atoms with Crippen LogP contribution in [0.3, 0.4) is 0 Å². The van der Waals surface area contributed by atoms with Crippen molar-refractivity contribution < 1.29 is 28.9 Å². The summed E-state index contributed by atoms with van der Waals surface area (Å²) >= 11 is 3.26. The Morgan fingerprint density at radius 3 is 2.70 bits per heavy atom. The summed E-state index contributed by atoms with van der Waals surface area (Å²) in [5.41, 5.74) is 1.34. The molecule has 148 valence electrons. The molecular formula is C18H23BrN2O6. The molecular weight excluding hydrogens is 420 g/mol. The van der Waals surface area contributed by atoms with Gasteiger partial charge in [0.25, 0.3) is 0 Å². The van der Waals surface area contributed by atoms with Crippen molar-refractivity contribution >= 4 is 27.9 Å². The number of ether oxygens (including phenoxy) is 3. The molecule has 8 nitrogen and oxygen atoms in total. The molecule has 0 bridgehead atoms. The van der Waals surface area contributed by atoms with E-state index in [0.29, 0.717) is 34.5 Å². The maximum atomic E-state index is 12.7. The second-order valence-corrected chi connectivity index (χ2v) is 6.68. The second-order valence-electron chi connectivity index (χ2n) is 5.83. The molecule has 1 atom stereocenters. The number of amides is 2. The topological polar surface area (TPSA) is 97.3 Å². The first-order valence-electron chi connectivity index (χ1n) is 8.38. The number of carbonyl (C=O) groups excluding carboxylic acids is 2. The van der Waals surface area contributed by atoms with Crippen molar-refractivity contribution in [1.82, 2.24) is 10.2 Å². The number of rotatable bonds is 7. The number of allylic oxidation sites excluding steroid dienone is 1. The lowest BCUT2D eigenvalue weighted by Crippen LogP contribution is -2.46. The zero-order valence-electron chi connectivity index (χ0n) is 15.7. The van der Waals surface area contributed by atoms with Crippen molar-refractivity contribution in [2.24, 2.45) is 0 Å². The van der Waals surface area contributed by atoms with E-state index in [-0.39, 0.29) is 24.1 Å². The first-order chi connectivity index (χ1) is 12.8. The second kappa shape index (κ2) is 9.09. The summed E-state index contributed by atoms with van der Waals surface area (Å²) in [6, 6.07) is 2.08. The number of halogens is 1. The van der Waals surface area contributed by atoms with Gasteiger partial charge in [0.15, 0.2) is 11.5 Å². The fourth-order valence-corrected chi connectivity index (χ4v) is 3.14. The summed E-state index contributed by atoms with van der Waals surface area (Å²) in [6.07, 6.45) is 0. The summed E-state index contributed by atoms with van der Waals surface area (Å²) in [6.45, 7) is 4.46. The van der Waals surface area contributed by atoms with Crippen molar-refractivity contribution in [2.75, 3.05) is 34.0 Å². The molecule has 0 unspecified atom stereocenters. The van der Waals surface area contributed by atoms with Gasteiger partial charge in [-0.05, 0) is 47.5 Å². The third kappa shape index (κ3) is 4.54. The number of hydrogen-bond donors (Lipinski definition) is 2. The maximum absolute atomic E-state index is 12.7. The Kier molecular flexibility index (Phi) is 7.09. The molecule has 9 heteroatoms. The van der Waals surface area contributed by atoms with Crippen molar-refractivity contribution in [3.05, 3.63) is 33.4 Å². The van der Waals surface area contributed by atoms with Crippen LogP contribution in [-0.4, -0.2) is 56.0 Å². The van der Waals surface area contributed by atoms with E-state index >= 15 is 0 Å². The van der Waals surface area contributed by atoms with E-state index in [1.54, 1.807) is 26.1 Å². The zero-order valence-corrected chi connectivity index (χ0v) is 17.3. The Morgan fingerprint density at radius 1 is 1.37 bits per heavy atom. The molecule has 1 aromatic rings. The molecule has 27 heavy (non-hydrogen) atoms. The molecule has 0 aliphatic carbocycles. The number of hydrogen-bond acceptors (Lipinski definition) is 6. The third-order valence-electron chi connectivity index (χ3n) is 4.24. The molecule has 2 N–H and O–H groups in total. The Hall–Kier alpha value is -2.26. The summed E-state index contributed by atoms with van der Waals surface area (Å²) in [7, 11) is 2.99. The minimum absolute atomic E-state index is 0.0675. The van der Waals surface area contributed by atoms with Crippen LogP contribution in [-0.2, 0) is 14.3 Å². The lowest BCUT2D eigenvalue weighted by atomic mass is 9.94. The van der Waals surface area contributed by atoms with Crippen LogP contribution in [0.1, 0.15) is 25.5 Å². The number of methoxy groups -OCH3 is 1. The number of aromatic hydroxyl groups is 1. The Balaban J connectivity index is 2.42. The Labute approximate surface area is 166 Å². The monoisotopic (exact) mass is 442 g/mol. The van der Waals surface area contributed by atoms with E-state index < -0.39 is 12.0 Å². The van der Waals surface area contributed by atoms with Crippen molar-refractivity contribution in [3.8, 4) is 11.5 Å². The first-order valence-corrected chi connectivity index (χ1v) is 9.17. The highest BCUT2D eigenvalue weighted by Gasteiger charge is 2.35. The third-order valence-corrected chi connectivity index (χ3v) is 4.85. The Morgan fingerprint density at radius 2 is 2.07 bits per heavy atom. The molecule has 2 rings (SSSR count). The number of nitrogens with one attached hydrogen (secondary N) is 1. The fourth-order valence-electron chi connectivity index (χ4n) is 2.68. The lowest BCUT2D eigenvalue weighted by molar-refractivity contribution is -0.141. The van der Waals surface area contributed by atoms with E-state index in [9.17, 15) is 14.7 Å². The van der Waals surface area contributed by atoms with Crippen LogP contribution >= 0.6 is 15.9 Å². The molecule has 0 fully saturated rings. The molecule has 2 amide bonds. The lowest BCUT2D eigenvalue weighted by Gasteiger charge is -2.33. The van der Waals surface area contributed by atoms with Gasteiger partial charge in [-0.15, -0.1) is 0 Å². The SMILES string of the molecule is CCOCCOC(=O)C1=C(C)N(C)C(=O)N[C@H]1c1cc(Br)c(O)c(OC)c1. The fraction of sp³-hybridized carbons (Fsp3) is 0.444. The van der Waals surface area contributed by atoms with Crippen LogP contribution in [0.2, 0.25) is 0 Å². The van der Waals surface area contributed by atoms with Gasteiger partial charge in [-0.3, -0.25) is 0 Å². The summed E-state index contributed by atoms with van der Waals surface area (Å²) in [5.74, 6) is -0.400. The van der Waals surface area contributed by atoms with E-state index in [4.69, 9.17) is 14.2 Å². The minimum Gasteiger partial charge on any atom is -0.503 e. The molecule has 0 spiro atoms. The van der Waals surface area contributed by atoms with E-state index in [1.165, 1.54) is 12.0 Å². The van der Waals surface area contributed by atoms with Gasteiger partial charge < -0.3 is 29.5 Å². The van der Waals surface area contributed by atoms with Crippen molar-refractivity contribution in [3.63, 3.8) is 0 Å². The molecule has 1 aliphatic heterocycles. The smallest absolute Gasteiger partial charge is 0.338 e. The number of phenols is 1. The van der Waals surface area contributed by atoms with Gasteiger partial charge in [0.2, 0.25) is 0 Å². The van der Waals surface area contributed by atoms with Gasteiger partial charge >= 0.3 is 12.0 Å². The number of urea groups is 1. The number of carbonyl (C=O) groups is 2.